The second kappa shape index (κ2) is 6.00. The molecule has 3 nitrogen and oxygen atoms in total. The van der Waals surface area contributed by atoms with E-state index < -0.39 is 13.0 Å². The van der Waals surface area contributed by atoms with Gasteiger partial charge in [0, 0.05) is 18.3 Å². The van der Waals surface area contributed by atoms with Crippen molar-refractivity contribution >= 4 is 11.3 Å². The second-order valence-electron chi connectivity index (χ2n) is 2.65. The van der Waals surface area contributed by atoms with E-state index in [9.17, 15) is 8.78 Å². The number of aromatic nitrogens is 1. The Labute approximate surface area is 84.9 Å². The van der Waals surface area contributed by atoms with Gasteiger partial charge in [0.1, 0.15) is 6.61 Å². The first-order valence-corrected chi connectivity index (χ1v) is 5.09. The lowest BCUT2D eigenvalue weighted by Gasteiger charge is -2.00. The number of nitrogens with two attached hydrogens (primary N) is 1. The van der Waals surface area contributed by atoms with Crippen molar-refractivity contribution < 1.29 is 13.5 Å². The minimum absolute atomic E-state index is 0.280. The molecule has 0 bridgehead atoms. The Morgan fingerprint density at radius 1 is 1.57 bits per heavy atom. The Balaban J connectivity index is 2.18. The van der Waals surface area contributed by atoms with Gasteiger partial charge < -0.3 is 10.5 Å². The van der Waals surface area contributed by atoms with Gasteiger partial charge in [-0.2, -0.15) is 0 Å². The van der Waals surface area contributed by atoms with Crippen LogP contribution in [-0.4, -0.2) is 24.6 Å². The Hall–Kier alpha value is -0.590. The molecule has 1 aromatic heterocycles. The van der Waals surface area contributed by atoms with Crippen molar-refractivity contribution in [2.45, 2.75) is 19.4 Å². The molecule has 0 aliphatic carbocycles. The van der Waals surface area contributed by atoms with Crippen LogP contribution in [0.4, 0.5) is 8.78 Å². The summed E-state index contributed by atoms with van der Waals surface area (Å²) in [7, 11) is 0. The molecule has 0 aliphatic heterocycles. The van der Waals surface area contributed by atoms with Crippen LogP contribution in [0, 0.1) is 0 Å². The van der Waals surface area contributed by atoms with Crippen LogP contribution in [0.3, 0.4) is 0 Å². The fraction of sp³-hybridized carbons (Fsp3) is 0.625. The molecule has 0 spiro atoms. The van der Waals surface area contributed by atoms with E-state index in [1.165, 1.54) is 11.3 Å². The molecule has 0 atom stereocenters. The number of halogens is 2. The van der Waals surface area contributed by atoms with E-state index in [-0.39, 0.29) is 6.61 Å². The highest BCUT2D eigenvalue weighted by molar-refractivity contribution is 7.09. The lowest BCUT2D eigenvalue weighted by atomic mass is 10.4. The largest absolute Gasteiger partial charge is 0.375 e. The fourth-order valence-corrected chi connectivity index (χ4v) is 1.68. The minimum Gasteiger partial charge on any atom is -0.375 e. The molecule has 1 aromatic rings. The summed E-state index contributed by atoms with van der Waals surface area (Å²) < 4.78 is 28.1. The fourth-order valence-electron chi connectivity index (χ4n) is 0.889. The van der Waals surface area contributed by atoms with Crippen molar-refractivity contribution in [2.75, 3.05) is 13.2 Å². The molecule has 0 amide bonds. The topological polar surface area (TPSA) is 48.1 Å². The first-order valence-electron chi connectivity index (χ1n) is 4.21. The number of ether oxygens (including phenoxy) is 1. The maximum Gasteiger partial charge on any atom is 0.261 e. The van der Waals surface area contributed by atoms with E-state index >= 15 is 0 Å². The van der Waals surface area contributed by atoms with Crippen LogP contribution < -0.4 is 5.73 Å². The quantitative estimate of drug-likeness (QED) is 0.741. The number of hydrogen-bond donors (Lipinski definition) is 1. The summed E-state index contributed by atoms with van der Waals surface area (Å²) >= 11 is 1.47. The van der Waals surface area contributed by atoms with E-state index in [4.69, 9.17) is 10.5 Å². The Morgan fingerprint density at radius 3 is 2.93 bits per heavy atom. The van der Waals surface area contributed by atoms with Crippen LogP contribution in [0.5, 0.6) is 0 Å². The van der Waals surface area contributed by atoms with Crippen LogP contribution in [0.1, 0.15) is 10.7 Å². The van der Waals surface area contributed by atoms with Gasteiger partial charge in [0.05, 0.1) is 17.3 Å². The van der Waals surface area contributed by atoms with Gasteiger partial charge in [-0.25, -0.2) is 13.8 Å². The smallest absolute Gasteiger partial charge is 0.261 e. The minimum atomic E-state index is -2.40. The molecule has 6 heteroatoms. The van der Waals surface area contributed by atoms with E-state index in [1.54, 1.807) is 0 Å². The third-order valence-electron chi connectivity index (χ3n) is 1.51. The SMILES string of the molecule is NCc1csc(CCOCC(F)F)n1. The van der Waals surface area contributed by atoms with Crippen molar-refractivity contribution in [2.24, 2.45) is 5.73 Å². The molecule has 0 aromatic carbocycles. The molecule has 1 rings (SSSR count). The normalized spacial score (nSPS) is 11.1. The lowest BCUT2D eigenvalue weighted by Crippen LogP contribution is -2.07. The van der Waals surface area contributed by atoms with Gasteiger partial charge in [0.25, 0.3) is 6.43 Å². The summed E-state index contributed by atoms with van der Waals surface area (Å²) in [6.07, 6.45) is -1.83. The summed E-state index contributed by atoms with van der Waals surface area (Å²) in [6.45, 7) is 0.186. The molecule has 0 saturated heterocycles. The molecule has 1 heterocycles. The maximum atomic E-state index is 11.7. The van der Waals surface area contributed by atoms with Crippen molar-refractivity contribution in [1.82, 2.24) is 4.98 Å². The number of thiazole rings is 1. The standard InChI is InChI=1S/C8H12F2N2OS/c9-7(10)4-13-2-1-8-12-6(3-11)5-14-8/h5,7H,1-4,11H2. The predicted molar refractivity (Wildman–Crippen MR) is 50.5 cm³/mol. The van der Waals surface area contributed by atoms with E-state index in [2.05, 4.69) is 4.98 Å². The number of hydrogen-bond acceptors (Lipinski definition) is 4. The molecule has 0 aliphatic rings. The lowest BCUT2D eigenvalue weighted by molar-refractivity contribution is 0.0187. The first kappa shape index (κ1) is 11.5. The molecular formula is C8H12F2N2OS. The van der Waals surface area contributed by atoms with Gasteiger partial charge in [0.2, 0.25) is 0 Å². The maximum absolute atomic E-state index is 11.7. The van der Waals surface area contributed by atoms with Gasteiger partial charge in [-0.3, -0.25) is 0 Å². The second-order valence-corrected chi connectivity index (χ2v) is 3.60. The number of rotatable bonds is 6. The van der Waals surface area contributed by atoms with Crippen LogP contribution >= 0.6 is 11.3 Å². The van der Waals surface area contributed by atoms with Crippen molar-refractivity contribution in [3.05, 3.63) is 16.1 Å². The highest BCUT2D eigenvalue weighted by atomic mass is 32.1. The summed E-state index contributed by atoms with van der Waals surface area (Å²) in [6, 6.07) is 0. The third kappa shape index (κ3) is 4.08. The highest BCUT2D eigenvalue weighted by Gasteiger charge is 2.03. The van der Waals surface area contributed by atoms with Crippen molar-refractivity contribution in [3.63, 3.8) is 0 Å². The molecule has 14 heavy (non-hydrogen) atoms. The van der Waals surface area contributed by atoms with Crippen LogP contribution in [-0.2, 0) is 17.7 Å². The Morgan fingerprint density at radius 2 is 2.36 bits per heavy atom. The van der Waals surface area contributed by atoms with E-state index in [0.29, 0.717) is 13.0 Å². The number of alkyl halides is 2. The zero-order valence-corrected chi connectivity index (χ0v) is 8.40. The van der Waals surface area contributed by atoms with Gasteiger partial charge >= 0.3 is 0 Å². The van der Waals surface area contributed by atoms with Crippen LogP contribution in [0.15, 0.2) is 5.38 Å². The van der Waals surface area contributed by atoms with Gasteiger partial charge in [0.15, 0.2) is 0 Å². The molecule has 0 saturated carbocycles. The van der Waals surface area contributed by atoms with Gasteiger partial charge in [-0.1, -0.05) is 0 Å². The van der Waals surface area contributed by atoms with Crippen LogP contribution in [0.2, 0.25) is 0 Å². The summed E-state index contributed by atoms with van der Waals surface area (Å²) in [5, 5.41) is 2.74. The summed E-state index contributed by atoms with van der Waals surface area (Å²) in [5.74, 6) is 0. The summed E-state index contributed by atoms with van der Waals surface area (Å²) in [5.41, 5.74) is 6.20. The molecular weight excluding hydrogens is 210 g/mol. The molecule has 0 unspecified atom stereocenters. The highest BCUT2D eigenvalue weighted by Crippen LogP contribution is 2.09. The van der Waals surface area contributed by atoms with Gasteiger partial charge in [-0.05, 0) is 0 Å². The van der Waals surface area contributed by atoms with Crippen molar-refractivity contribution in [3.8, 4) is 0 Å². The van der Waals surface area contributed by atoms with Crippen molar-refractivity contribution in [1.29, 1.82) is 0 Å². The first-order chi connectivity index (χ1) is 6.72. The van der Waals surface area contributed by atoms with E-state index in [1.807, 2.05) is 5.38 Å². The average Bonchev–Trinajstić information content (AvgIpc) is 2.60. The zero-order chi connectivity index (χ0) is 10.4. The zero-order valence-electron chi connectivity index (χ0n) is 7.58. The molecule has 80 valence electrons. The molecule has 0 radical (unpaired) electrons. The van der Waals surface area contributed by atoms with E-state index in [0.717, 1.165) is 10.7 Å². The number of nitrogens with zero attached hydrogens (tertiary/aromatic N) is 1. The monoisotopic (exact) mass is 222 g/mol. The Bertz CT molecular complexity index is 268. The molecule has 2 N–H and O–H groups in total. The molecule has 0 fully saturated rings. The Kier molecular flexibility index (Phi) is 4.92. The van der Waals surface area contributed by atoms with Crippen LogP contribution in [0.25, 0.3) is 0 Å². The van der Waals surface area contributed by atoms with Gasteiger partial charge in [-0.15, -0.1) is 11.3 Å². The predicted octanol–water partition coefficient (Wildman–Crippen LogP) is 1.43. The average molecular weight is 222 g/mol. The third-order valence-corrected chi connectivity index (χ3v) is 2.47. The summed E-state index contributed by atoms with van der Waals surface area (Å²) in [4.78, 5) is 4.17.